The van der Waals surface area contributed by atoms with Crippen LogP contribution in [0, 0.1) is 6.92 Å². The van der Waals surface area contributed by atoms with Crippen LogP contribution in [0.25, 0.3) is 11.0 Å². The zero-order chi connectivity index (χ0) is 10.1. The van der Waals surface area contributed by atoms with Crippen LogP contribution in [-0.4, -0.2) is 21.2 Å². The molecule has 4 nitrogen and oxygen atoms in total. The molecule has 0 atom stereocenters. The molecule has 0 bridgehead atoms. The Morgan fingerprint density at radius 2 is 2.14 bits per heavy atom. The maximum Gasteiger partial charge on any atom is 0.249 e. The Hall–Kier alpha value is -1.36. The van der Waals surface area contributed by atoms with Crippen LogP contribution in [0.2, 0.25) is 0 Å². The van der Waals surface area contributed by atoms with Crippen molar-refractivity contribution in [2.45, 2.75) is 12.1 Å². The number of pyridine rings is 1. The lowest BCUT2D eigenvalue weighted by Gasteiger charge is -2.01. The first-order chi connectivity index (χ1) is 6.70. The van der Waals surface area contributed by atoms with Gasteiger partial charge in [-0.1, -0.05) is 11.8 Å². The van der Waals surface area contributed by atoms with Gasteiger partial charge in [-0.3, -0.25) is 4.79 Å². The van der Waals surface area contributed by atoms with Gasteiger partial charge in [0.05, 0.1) is 5.69 Å². The van der Waals surface area contributed by atoms with E-state index in [9.17, 15) is 4.79 Å². The molecule has 0 unspecified atom stereocenters. The third-order valence-corrected chi connectivity index (χ3v) is 2.49. The lowest BCUT2D eigenvalue weighted by atomic mass is 10.2. The van der Waals surface area contributed by atoms with E-state index in [2.05, 4.69) is 15.0 Å². The van der Waals surface area contributed by atoms with Crippen LogP contribution in [0.4, 0.5) is 0 Å². The van der Waals surface area contributed by atoms with Crippen LogP contribution in [0.3, 0.4) is 0 Å². The number of aryl methyl sites for hydroxylation is 1. The number of hydrogen-bond donors (Lipinski definition) is 1. The lowest BCUT2D eigenvalue weighted by molar-refractivity contribution is 0.956. The average Bonchev–Trinajstić information content (AvgIpc) is 2.16. The second-order valence-electron chi connectivity index (χ2n) is 2.88. The van der Waals surface area contributed by atoms with E-state index in [0.717, 1.165) is 11.1 Å². The van der Waals surface area contributed by atoms with Gasteiger partial charge in [-0.25, -0.2) is 9.97 Å². The van der Waals surface area contributed by atoms with Crippen LogP contribution in [0.1, 0.15) is 5.69 Å². The molecule has 1 N–H and O–H groups in total. The summed E-state index contributed by atoms with van der Waals surface area (Å²) in [6.45, 7) is 1.90. The first-order valence-corrected chi connectivity index (χ1v) is 5.35. The number of fused-ring (bicyclic) bond motifs is 1. The van der Waals surface area contributed by atoms with Crippen LogP contribution >= 0.6 is 11.8 Å². The quantitative estimate of drug-likeness (QED) is 0.566. The summed E-state index contributed by atoms with van der Waals surface area (Å²) in [5.41, 5.74) is 1.35. The highest BCUT2D eigenvalue weighted by Crippen LogP contribution is 2.15. The van der Waals surface area contributed by atoms with E-state index in [0.29, 0.717) is 10.8 Å². The molecule has 0 radical (unpaired) electrons. The topological polar surface area (TPSA) is 58.6 Å². The van der Waals surface area contributed by atoms with Crippen LogP contribution < -0.4 is 5.56 Å². The lowest BCUT2D eigenvalue weighted by Crippen LogP contribution is -2.05. The van der Waals surface area contributed by atoms with E-state index >= 15 is 0 Å². The van der Waals surface area contributed by atoms with Crippen molar-refractivity contribution in [3.63, 3.8) is 0 Å². The number of nitrogens with one attached hydrogen (secondary N) is 1. The van der Waals surface area contributed by atoms with Crippen LogP contribution in [0.5, 0.6) is 0 Å². The predicted molar refractivity (Wildman–Crippen MR) is 56.7 cm³/mol. The van der Waals surface area contributed by atoms with Gasteiger partial charge in [-0.15, -0.1) is 0 Å². The molecule has 0 aromatic carbocycles. The summed E-state index contributed by atoms with van der Waals surface area (Å²) in [4.78, 5) is 22.2. The molecule has 2 rings (SSSR count). The van der Waals surface area contributed by atoms with Gasteiger partial charge in [0.15, 0.2) is 5.16 Å². The highest BCUT2D eigenvalue weighted by atomic mass is 32.2. The molecule has 5 heteroatoms. The van der Waals surface area contributed by atoms with Crippen molar-refractivity contribution in [1.29, 1.82) is 0 Å². The highest BCUT2D eigenvalue weighted by molar-refractivity contribution is 7.98. The Balaban J connectivity index is 2.83. The minimum absolute atomic E-state index is 0.136. The maximum absolute atomic E-state index is 11.1. The summed E-state index contributed by atoms with van der Waals surface area (Å²) in [6.07, 6.45) is 1.90. The molecule has 2 heterocycles. The monoisotopic (exact) mass is 207 g/mol. The van der Waals surface area contributed by atoms with Crippen LogP contribution in [-0.2, 0) is 0 Å². The molecule has 0 fully saturated rings. The van der Waals surface area contributed by atoms with Gasteiger partial charge in [0, 0.05) is 11.5 Å². The first-order valence-electron chi connectivity index (χ1n) is 4.12. The molecule has 0 spiro atoms. The summed E-state index contributed by atoms with van der Waals surface area (Å²) < 4.78 is 0. The van der Waals surface area contributed by atoms with E-state index in [1.54, 1.807) is 6.07 Å². The van der Waals surface area contributed by atoms with Gasteiger partial charge in [-0.05, 0) is 19.2 Å². The van der Waals surface area contributed by atoms with Gasteiger partial charge in [-0.2, -0.15) is 0 Å². The smallest absolute Gasteiger partial charge is 0.249 e. The minimum atomic E-state index is -0.136. The van der Waals surface area contributed by atoms with Crippen molar-refractivity contribution in [3.8, 4) is 0 Å². The Kier molecular flexibility index (Phi) is 2.25. The van der Waals surface area contributed by atoms with Crippen molar-refractivity contribution in [1.82, 2.24) is 15.0 Å². The van der Waals surface area contributed by atoms with Gasteiger partial charge in [0.2, 0.25) is 5.56 Å². The molecule has 0 aliphatic carbocycles. The van der Waals surface area contributed by atoms with Gasteiger partial charge in [0.25, 0.3) is 0 Å². The van der Waals surface area contributed by atoms with Crippen molar-refractivity contribution < 1.29 is 0 Å². The number of H-pyrrole nitrogens is 1. The van der Waals surface area contributed by atoms with Crippen molar-refractivity contribution in [2.75, 3.05) is 6.26 Å². The average molecular weight is 207 g/mol. The number of thioether (sulfide) groups is 1. The fraction of sp³-hybridized carbons (Fsp3) is 0.222. The van der Waals surface area contributed by atoms with E-state index in [4.69, 9.17) is 0 Å². The Labute approximate surface area is 84.8 Å². The third kappa shape index (κ3) is 1.50. The molecule has 0 saturated heterocycles. The zero-order valence-corrected chi connectivity index (χ0v) is 8.68. The molecular formula is C9H9N3OS. The Bertz CT molecular complexity index is 535. The number of aromatic nitrogens is 3. The zero-order valence-electron chi connectivity index (χ0n) is 7.87. The SMILES string of the molecule is CSc1nc(C)c2ccc(=O)[nH]c2n1. The fourth-order valence-corrected chi connectivity index (χ4v) is 1.67. The normalized spacial score (nSPS) is 10.7. The summed E-state index contributed by atoms with van der Waals surface area (Å²) in [5.74, 6) is 0. The van der Waals surface area contributed by atoms with E-state index < -0.39 is 0 Å². The predicted octanol–water partition coefficient (Wildman–Crippen LogP) is 1.35. The van der Waals surface area contributed by atoms with E-state index in [1.807, 2.05) is 13.2 Å². The second-order valence-corrected chi connectivity index (χ2v) is 3.65. The molecule has 0 aliphatic heterocycles. The molecule has 0 amide bonds. The fourth-order valence-electron chi connectivity index (χ4n) is 1.26. The first kappa shape index (κ1) is 9.21. The van der Waals surface area contributed by atoms with Gasteiger partial charge >= 0.3 is 0 Å². The third-order valence-electron chi connectivity index (χ3n) is 1.94. The number of rotatable bonds is 1. The molecule has 2 aromatic rings. The standard InChI is InChI=1S/C9H9N3OS/c1-5-6-3-4-7(13)11-8(6)12-9(10-5)14-2/h3-4H,1-2H3,(H,10,11,12,13). The second kappa shape index (κ2) is 3.42. The summed E-state index contributed by atoms with van der Waals surface area (Å²) in [7, 11) is 0. The Morgan fingerprint density at radius 3 is 2.86 bits per heavy atom. The van der Waals surface area contributed by atoms with Crippen molar-refractivity contribution in [2.24, 2.45) is 0 Å². The number of hydrogen-bond acceptors (Lipinski definition) is 4. The van der Waals surface area contributed by atoms with E-state index in [1.165, 1.54) is 17.8 Å². The number of aromatic amines is 1. The summed E-state index contributed by atoms with van der Waals surface area (Å²) in [6, 6.07) is 3.23. The molecular weight excluding hydrogens is 198 g/mol. The minimum Gasteiger partial charge on any atom is -0.306 e. The maximum atomic E-state index is 11.1. The van der Waals surface area contributed by atoms with Crippen molar-refractivity contribution in [3.05, 3.63) is 28.2 Å². The van der Waals surface area contributed by atoms with Crippen molar-refractivity contribution >= 4 is 22.8 Å². The molecule has 0 saturated carbocycles. The van der Waals surface area contributed by atoms with Gasteiger partial charge < -0.3 is 4.98 Å². The van der Waals surface area contributed by atoms with E-state index in [-0.39, 0.29) is 5.56 Å². The summed E-state index contributed by atoms with van der Waals surface area (Å²) >= 11 is 1.46. The van der Waals surface area contributed by atoms with Crippen LogP contribution in [0.15, 0.2) is 22.1 Å². The molecule has 14 heavy (non-hydrogen) atoms. The Morgan fingerprint density at radius 1 is 1.36 bits per heavy atom. The largest absolute Gasteiger partial charge is 0.306 e. The molecule has 0 aliphatic rings. The highest BCUT2D eigenvalue weighted by Gasteiger charge is 2.03. The number of nitrogens with zero attached hydrogens (tertiary/aromatic N) is 2. The van der Waals surface area contributed by atoms with Gasteiger partial charge in [0.1, 0.15) is 5.65 Å². The molecule has 72 valence electrons. The molecule has 2 aromatic heterocycles. The summed E-state index contributed by atoms with van der Waals surface area (Å²) in [5, 5.41) is 1.57.